The van der Waals surface area contributed by atoms with E-state index in [4.69, 9.17) is 4.74 Å². The van der Waals surface area contributed by atoms with Crippen molar-refractivity contribution in [2.45, 2.75) is 70.9 Å². The molecule has 21 heavy (non-hydrogen) atoms. The standard InChI is InChI=1S/C17H32N2O2/c1-3-11-19-12-9-16(10-13-19)18-15-7-5-14(6-8-15)17(20)21-4-2/h14-16,18H,3-13H2,1-2H3. The molecular weight excluding hydrogens is 264 g/mol. The van der Waals surface area contributed by atoms with Gasteiger partial charge in [0.1, 0.15) is 0 Å². The summed E-state index contributed by atoms with van der Waals surface area (Å²) in [5, 5.41) is 3.83. The highest BCUT2D eigenvalue weighted by Crippen LogP contribution is 2.26. The summed E-state index contributed by atoms with van der Waals surface area (Å²) in [6.07, 6.45) is 8.04. The Morgan fingerprint density at radius 3 is 2.24 bits per heavy atom. The molecular formula is C17H32N2O2. The Morgan fingerprint density at radius 2 is 1.67 bits per heavy atom. The molecule has 1 saturated carbocycles. The number of carbonyl (C=O) groups is 1. The zero-order valence-electron chi connectivity index (χ0n) is 13.8. The van der Waals surface area contributed by atoms with Crippen molar-refractivity contribution in [2.24, 2.45) is 5.92 Å². The van der Waals surface area contributed by atoms with Crippen molar-refractivity contribution < 1.29 is 9.53 Å². The van der Waals surface area contributed by atoms with E-state index in [1.165, 1.54) is 38.9 Å². The normalized spacial score (nSPS) is 28.5. The zero-order chi connectivity index (χ0) is 15.1. The smallest absolute Gasteiger partial charge is 0.308 e. The highest BCUT2D eigenvalue weighted by molar-refractivity contribution is 5.72. The third-order valence-electron chi connectivity index (χ3n) is 4.95. The molecule has 4 heteroatoms. The van der Waals surface area contributed by atoms with Gasteiger partial charge in [0, 0.05) is 12.1 Å². The summed E-state index contributed by atoms with van der Waals surface area (Å²) in [6.45, 7) is 8.38. The van der Waals surface area contributed by atoms with E-state index in [1.54, 1.807) is 0 Å². The predicted molar refractivity (Wildman–Crippen MR) is 85.3 cm³/mol. The summed E-state index contributed by atoms with van der Waals surface area (Å²) in [5.74, 6) is 0.165. The monoisotopic (exact) mass is 296 g/mol. The first kappa shape index (κ1) is 16.8. The van der Waals surface area contributed by atoms with E-state index in [0.29, 0.717) is 18.7 Å². The Bertz CT molecular complexity index is 306. The highest BCUT2D eigenvalue weighted by atomic mass is 16.5. The van der Waals surface area contributed by atoms with Gasteiger partial charge in [0.2, 0.25) is 0 Å². The Hall–Kier alpha value is -0.610. The Morgan fingerprint density at radius 1 is 1.05 bits per heavy atom. The molecule has 1 heterocycles. The summed E-state index contributed by atoms with van der Waals surface area (Å²) in [4.78, 5) is 14.3. The lowest BCUT2D eigenvalue weighted by molar-refractivity contribution is -0.149. The average Bonchev–Trinajstić information content (AvgIpc) is 2.50. The summed E-state index contributed by atoms with van der Waals surface area (Å²) >= 11 is 0. The van der Waals surface area contributed by atoms with Gasteiger partial charge in [-0.3, -0.25) is 4.79 Å². The first-order valence-electron chi connectivity index (χ1n) is 8.88. The molecule has 2 rings (SSSR count). The van der Waals surface area contributed by atoms with Crippen molar-refractivity contribution in [1.29, 1.82) is 0 Å². The number of ether oxygens (including phenoxy) is 1. The number of likely N-dealkylation sites (tertiary alicyclic amines) is 1. The second-order valence-corrected chi connectivity index (χ2v) is 6.58. The van der Waals surface area contributed by atoms with E-state index in [0.717, 1.165) is 25.7 Å². The van der Waals surface area contributed by atoms with Gasteiger partial charge >= 0.3 is 5.97 Å². The Labute approximate surface area is 129 Å². The Kier molecular flexibility index (Phi) is 6.97. The lowest BCUT2D eigenvalue weighted by atomic mass is 9.85. The summed E-state index contributed by atoms with van der Waals surface area (Å²) in [6, 6.07) is 1.29. The van der Waals surface area contributed by atoms with Crippen molar-refractivity contribution in [3.63, 3.8) is 0 Å². The summed E-state index contributed by atoms with van der Waals surface area (Å²) in [5.41, 5.74) is 0. The summed E-state index contributed by atoms with van der Waals surface area (Å²) < 4.78 is 5.14. The van der Waals surface area contributed by atoms with Crippen molar-refractivity contribution in [3.8, 4) is 0 Å². The molecule has 0 bridgehead atoms. The number of esters is 1. The number of hydrogen-bond acceptors (Lipinski definition) is 4. The van der Waals surface area contributed by atoms with Crippen molar-refractivity contribution in [3.05, 3.63) is 0 Å². The number of nitrogens with one attached hydrogen (secondary N) is 1. The molecule has 1 N–H and O–H groups in total. The molecule has 0 spiro atoms. The van der Waals surface area contributed by atoms with Crippen molar-refractivity contribution >= 4 is 5.97 Å². The third kappa shape index (κ3) is 5.26. The minimum absolute atomic E-state index is 0.0174. The van der Waals surface area contributed by atoms with Gasteiger partial charge in [0.15, 0.2) is 0 Å². The maximum atomic E-state index is 11.7. The van der Waals surface area contributed by atoms with Gasteiger partial charge in [0.05, 0.1) is 12.5 Å². The second kappa shape index (κ2) is 8.74. The molecule has 0 aromatic carbocycles. The molecule has 2 aliphatic rings. The van der Waals surface area contributed by atoms with Crippen LogP contribution in [0.25, 0.3) is 0 Å². The molecule has 0 aromatic rings. The first-order valence-corrected chi connectivity index (χ1v) is 8.88. The van der Waals surface area contributed by atoms with Crippen LogP contribution in [-0.2, 0) is 9.53 Å². The molecule has 0 unspecified atom stereocenters. The quantitative estimate of drug-likeness (QED) is 0.765. The largest absolute Gasteiger partial charge is 0.466 e. The number of rotatable bonds is 6. The van der Waals surface area contributed by atoms with E-state index >= 15 is 0 Å². The van der Waals surface area contributed by atoms with Gasteiger partial charge in [-0.1, -0.05) is 6.92 Å². The van der Waals surface area contributed by atoms with Crippen LogP contribution >= 0.6 is 0 Å². The molecule has 0 amide bonds. The van der Waals surface area contributed by atoms with Gasteiger partial charge < -0.3 is 15.0 Å². The lowest BCUT2D eigenvalue weighted by Gasteiger charge is -2.36. The van der Waals surface area contributed by atoms with E-state index in [2.05, 4.69) is 17.1 Å². The molecule has 4 nitrogen and oxygen atoms in total. The number of nitrogens with zero attached hydrogens (tertiary/aromatic N) is 1. The maximum absolute atomic E-state index is 11.7. The van der Waals surface area contributed by atoms with Crippen LogP contribution in [0.2, 0.25) is 0 Å². The van der Waals surface area contributed by atoms with Gasteiger partial charge in [-0.05, 0) is 71.5 Å². The number of piperidine rings is 1. The number of carbonyl (C=O) groups excluding carboxylic acids is 1. The molecule has 1 aliphatic carbocycles. The molecule has 122 valence electrons. The highest BCUT2D eigenvalue weighted by Gasteiger charge is 2.29. The fourth-order valence-corrected chi connectivity index (χ4v) is 3.73. The zero-order valence-corrected chi connectivity index (χ0v) is 13.8. The van der Waals surface area contributed by atoms with Crippen molar-refractivity contribution in [1.82, 2.24) is 10.2 Å². The van der Waals surface area contributed by atoms with E-state index < -0.39 is 0 Å². The van der Waals surface area contributed by atoms with Crippen LogP contribution in [0, 0.1) is 5.92 Å². The topological polar surface area (TPSA) is 41.6 Å². The van der Waals surface area contributed by atoms with Gasteiger partial charge in [0.25, 0.3) is 0 Å². The molecule has 0 aromatic heterocycles. The fraction of sp³-hybridized carbons (Fsp3) is 0.941. The molecule has 2 fully saturated rings. The first-order chi connectivity index (χ1) is 10.2. The molecule has 0 radical (unpaired) electrons. The average molecular weight is 296 g/mol. The van der Waals surface area contributed by atoms with Crippen LogP contribution in [0.3, 0.4) is 0 Å². The van der Waals surface area contributed by atoms with Crippen LogP contribution < -0.4 is 5.32 Å². The minimum atomic E-state index is 0.0174. The van der Waals surface area contributed by atoms with E-state index in [-0.39, 0.29) is 11.9 Å². The molecule has 1 aliphatic heterocycles. The second-order valence-electron chi connectivity index (χ2n) is 6.58. The minimum Gasteiger partial charge on any atom is -0.466 e. The third-order valence-corrected chi connectivity index (χ3v) is 4.95. The van der Waals surface area contributed by atoms with Crippen LogP contribution in [0.4, 0.5) is 0 Å². The predicted octanol–water partition coefficient (Wildman–Crippen LogP) is 2.57. The van der Waals surface area contributed by atoms with Gasteiger partial charge in [-0.2, -0.15) is 0 Å². The molecule has 1 saturated heterocycles. The van der Waals surface area contributed by atoms with Gasteiger partial charge in [-0.25, -0.2) is 0 Å². The SMILES string of the molecule is CCCN1CCC(NC2CCC(C(=O)OCC)CC2)CC1. The number of hydrogen-bond donors (Lipinski definition) is 1. The van der Waals surface area contributed by atoms with Crippen LogP contribution in [0.1, 0.15) is 58.8 Å². The maximum Gasteiger partial charge on any atom is 0.308 e. The van der Waals surface area contributed by atoms with Crippen molar-refractivity contribution in [2.75, 3.05) is 26.2 Å². The van der Waals surface area contributed by atoms with E-state index in [9.17, 15) is 4.79 Å². The lowest BCUT2D eigenvalue weighted by Crippen LogP contribution is -2.47. The van der Waals surface area contributed by atoms with Crippen LogP contribution in [-0.4, -0.2) is 49.2 Å². The van der Waals surface area contributed by atoms with Crippen LogP contribution in [0.5, 0.6) is 0 Å². The Balaban J connectivity index is 1.64. The summed E-state index contributed by atoms with van der Waals surface area (Å²) in [7, 11) is 0. The molecule has 0 atom stereocenters. The van der Waals surface area contributed by atoms with E-state index in [1.807, 2.05) is 6.92 Å². The fourth-order valence-electron chi connectivity index (χ4n) is 3.73. The van der Waals surface area contributed by atoms with Gasteiger partial charge in [-0.15, -0.1) is 0 Å². The van der Waals surface area contributed by atoms with Crippen LogP contribution in [0.15, 0.2) is 0 Å².